The molecule has 0 atom stereocenters. The van der Waals surface area contributed by atoms with E-state index in [1.807, 2.05) is 72.8 Å². The molecule has 3 amide bonds. The van der Waals surface area contributed by atoms with E-state index in [1.54, 1.807) is 12.1 Å². The summed E-state index contributed by atoms with van der Waals surface area (Å²) in [7, 11) is 0. The highest BCUT2D eigenvalue weighted by molar-refractivity contribution is 8.18. The number of fused-ring (bicyclic) bond motifs is 2. The van der Waals surface area contributed by atoms with Gasteiger partial charge >= 0.3 is 0 Å². The summed E-state index contributed by atoms with van der Waals surface area (Å²) in [4.78, 5) is 39.5. The molecular formula is C33H24N2O4S. The third-order valence-corrected chi connectivity index (χ3v) is 7.54. The maximum atomic E-state index is 13.0. The Labute approximate surface area is 235 Å². The van der Waals surface area contributed by atoms with Crippen molar-refractivity contribution in [1.29, 1.82) is 0 Å². The third-order valence-electron chi connectivity index (χ3n) is 6.64. The van der Waals surface area contributed by atoms with Crippen molar-refractivity contribution in [2.24, 2.45) is 0 Å². The van der Waals surface area contributed by atoms with Crippen LogP contribution in [0.15, 0.2) is 114 Å². The number of rotatable bonds is 7. The zero-order chi connectivity index (χ0) is 27.5. The molecule has 1 saturated heterocycles. The molecule has 1 aliphatic rings. The second-order valence-electron chi connectivity index (χ2n) is 9.38. The number of imide groups is 1. The minimum Gasteiger partial charge on any atom is -0.489 e. The summed E-state index contributed by atoms with van der Waals surface area (Å²) < 4.78 is 5.94. The van der Waals surface area contributed by atoms with Gasteiger partial charge in [0.15, 0.2) is 0 Å². The van der Waals surface area contributed by atoms with Gasteiger partial charge in [-0.1, -0.05) is 84.9 Å². The number of carbonyl (C=O) groups excluding carboxylic acids is 3. The summed E-state index contributed by atoms with van der Waals surface area (Å²) in [6.45, 7) is 0.0800. The Hall–Kier alpha value is -4.88. The van der Waals surface area contributed by atoms with Crippen molar-refractivity contribution in [1.82, 2.24) is 4.90 Å². The van der Waals surface area contributed by atoms with Gasteiger partial charge in [0, 0.05) is 11.1 Å². The lowest BCUT2D eigenvalue weighted by atomic mass is 10.1. The number of nitrogens with zero attached hydrogens (tertiary/aromatic N) is 1. The number of amides is 3. The highest BCUT2D eigenvalue weighted by atomic mass is 32.2. The predicted molar refractivity (Wildman–Crippen MR) is 160 cm³/mol. The van der Waals surface area contributed by atoms with Gasteiger partial charge in [-0.3, -0.25) is 19.3 Å². The Kier molecular flexibility index (Phi) is 7.04. The van der Waals surface area contributed by atoms with Crippen LogP contribution in [0.25, 0.3) is 27.6 Å². The Bertz CT molecular complexity index is 1790. The number of nitrogens with one attached hydrogen (secondary N) is 1. The molecule has 0 radical (unpaired) electrons. The standard InChI is InChI=1S/C33H24N2O4S/c36-31(34-29-11-5-9-25-7-3-4-10-28(25)29)20-35-32(37)30(40-33(35)38)19-22-13-16-27(17-14-22)39-21-23-12-15-24-6-1-2-8-26(24)18-23/h1-19H,20-21H2,(H,34,36)/b30-19-. The molecule has 1 aliphatic heterocycles. The second kappa shape index (κ2) is 11.1. The fourth-order valence-electron chi connectivity index (χ4n) is 4.61. The van der Waals surface area contributed by atoms with E-state index in [4.69, 9.17) is 4.74 Å². The molecule has 0 saturated carbocycles. The highest BCUT2D eigenvalue weighted by Crippen LogP contribution is 2.32. The van der Waals surface area contributed by atoms with Crippen molar-refractivity contribution < 1.29 is 19.1 Å². The van der Waals surface area contributed by atoms with E-state index in [-0.39, 0.29) is 11.4 Å². The van der Waals surface area contributed by atoms with E-state index in [9.17, 15) is 14.4 Å². The van der Waals surface area contributed by atoms with Crippen LogP contribution in [0.3, 0.4) is 0 Å². The van der Waals surface area contributed by atoms with Crippen LogP contribution in [0, 0.1) is 0 Å². The summed E-state index contributed by atoms with van der Waals surface area (Å²) in [5.74, 6) is -0.226. The van der Waals surface area contributed by atoms with Gasteiger partial charge in [-0.15, -0.1) is 0 Å². The molecule has 1 heterocycles. The van der Waals surface area contributed by atoms with Gasteiger partial charge in [0.25, 0.3) is 11.1 Å². The molecule has 1 fully saturated rings. The molecule has 0 unspecified atom stereocenters. The monoisotopic (exact) mass is 544 g/mol. The minimum absolute atomic E-state index is 0.271. The first-order valence-electron chi connectivity index (χ1n) is 12.8. The zero-order valence-electron chi connectivity index (χ0n) is 21.4. The Morgan fingerprint density at radius 2 is 1.52 bits per heavy atom. The lowest BCUT2D eigenvalue weighted by Gasteiger charge is -2.13. The first kappa shape index (κ1) is 25.4. The van der Waals surface area contributed by atoms with Gasteiger partial charge in [-0.25, -0.2) is 0 Å². The fourth-order valence-corrected chi connectivity index (χ4v) is 5.45. The maximum absolute atomic E-state index is 13.0. The molecule has 1 N–H and O–H groups in total. The largest absolute Gasteiger partial charge is 0.489 e. The maximum Gasteiger partial charge on any atom is 0.294 e. The second-order valence-corrected chi connectivity index (χ2v) is 10.4. The summed E-state index contributed by atoms with van der Waals surface area (Å²) in [5.41, 5.74) is 2.46. The normalized spacial score (nSPS) is 14.3. The molecule has 0 aliphatic carbocycles. The molecule has 0 bridgehead atoms. The Morgan fingerprint density at radius 1 is 0.800 bits per heavy atom. The average molecular weight is 545 g/mol. The van der Waals surface area contributed by atoms with Crippen LogP contribution in [0.5, 0.6) is 5.75 Å². The number of ether oxygens (including phenoxy) is 1. The van der Waals surface area contributed by atoms with Crippen molar-refractivity contribution in [3.05, 3.63) is 125 Å². The number of hydrogen-bond acceptors (Lipinski definition) is 5. The van der Waals surface area contributed by atoms with Crippen molar-refractivity contribution in [2.75, 3.05) is 11.9 Å². The summed E-state index contributed by atoms with van der Waals surface area (Å²) in [6.07, 6.45) is 1.65. The SMILES string of the molecule is O=C(CN1C(=O)S/C(=C\c2ccc(OCc3ccc4ccccc4c3)cc2)C1=O)Nc1cccc2ccccc12. The van der Waals surface area contributed by atoms with E-state index in [0.29, 0.717) is 18.0 Å². The zero-order valence-corrected chi connectivity index (χ0v) is 22.2. The average Bonchev–Trinajstić information content (AvgIpc) is 3.24. The van der Waals surface area contributed by atoms with Crippen molar-refractivity contribution in [2.45, 2.75) is 6.61 Å². The van der Waals surface area contributed by atoms with Crippen molar-refractivity contribution >= 4 is 62.1 Å². The summed E-state index contributed by atoms with van der Waals surface area (Å²) in [6, 6.07) is 35.0. The number of thioether (sulfide) groups is 1. The molecule has 6 nitrogen and oxygen atoms in total. The smallest absolute Gasteiger partial charge is 0.294 e. The molecular weight excluding hydrogens is 520 g/mol. The van der Waals surface area contributed by atoms with Gasteiger partial charge in [0.2, 0.25) is 5.91 Å². The molecule has 6 rings (SSSR count). The van der Waals surface area contributed by atoms with Crippen LogP contribution >= 0.6 is 11.8 Å². The van der Waals surface area contributed by atoms with Gasteiger partial charge in [0.1, 0.15) is 18.9 Å². The van der Waals surface area contributed by atoms with Crippen LogP contribution in [0.2, 0.25) is 0 Å². The third kappa shape index (κ3) is 5.46. The molecule has 5 aromatic rings. The van der Waals surface area contributed by atoms with Crippen molar-refractivity contribution in [3.8, 4) is 5.75 Å². The Balaban J connectivity index is 1.08. The lowest BCUT2D eigenvalue weighted by Crippen LogP contribution is -2.36. The summed E-state index contributed by atoms with van der Waals surface area (Å²) in [5, 5.41) is 6.58. The van der Waals surface area contributed by atoms with Gasteiger partial charge in [0.05, 0.1) is 4.91 Å². The summed E-state index contributed by atoms with van der Waals surface area (Å²) >= 11 is 0.827. The van der Waals surface area contributed by atoms with Crippen LogP contribution in [0.1, 0.15) is 11.1 Å². The van der Waals surface area contributed by atoms with E-state index in [2.05, 4.69) is 35.6 Å². The van der Waals surface area contributed by atoms with Crippen LogP contribution in [-0.4, -0.2) is 28.5 Å². The fraction of sp³-hybridized carbons (Fsp3) is 0.0606. The van der Waals surface area contributed by atoms with E-state index < -0.39 is 17.1 Å². The first-order chi connectivity index (χ1) is 19.5. The van der Waals surface area contributed by atoms with E-state index in [0.717, 1.165) is 38.6 Å². The number of anilines is 1. The van der Waals surface area contributed by atoms with Crippen LogP contribution in [0.4, 0.5) is 10.5 Å². The van der Waals surface area contributed by atoms with Crippen LogP contribution in [-0.2, 0) is 16.2 Å². The predicted octanol–water partition coefficient (Wildman–Crippen LogP) is 7.25. The topological polar surface area (TPSA) is 75.7 Å². The number of hydrogen-bond donors (Lipinski definition) is 1. The molecule has 40 heavy (non-hydrogen) atoms. The van der Waals surface area contributed by atoms with E-state index >= 15 is 0 Å². The number of benzene rings is 5. The van der Waals surface area contributed by atoms with Gasteiger partial charge in [-0.05, 0) is 69.4 Å². The van der Waals surface area contributed by atoms with Crippen molar-refractivity contribution in [3.63, 3.8) is 0 Å². The Morgan fingerprint density at radius 3 is 2.35 bits per heavy atom. The number of carbonyl (C=O) groups is 3. The quantitative estimate of drug-likeness (QED) is 0.219. The highest BCUT2D eigenvalue weighted by Gasteiger charge is 2.36. The van der Waals surface area contributed by atoms with Gasteiger partial charge in [-0.2, -0.15) is 0 Å². The molecule has 7 heteroatoms. The molecule has 196 valence electrons. The first-order valence-corrected chi connectivity index (χ1v) is 13.6. The molecule has 0 aromatic heterocycles. The minimum atomic E-state index is -0.486. The lowest BCUT2D eigenvalue weighted by molar-refractivity contribution is -0.127. The van der Waals surface area contributed by atoms with Gasteiger partial charge < -0.3 is 10.1 Å². The van der Waals surface area contributed by atoms with Crippen LogP contribution < -0.4 is 10.1 Å². The molecule has 5 aromatic carbocycles. The van der Waals surface area contributed by atoms with E-state index in [1.165, 1.54) is 10.8 Å². The molecule has 0 spiro atoms.